The molecule has 1 unspecified atom stereocenters. The summed E-state index contributed by atoms with van der Waals surface area (Å²) in [6, 6.07) is 17.6. The first-order chi connectivity index (χ1) is 9.75. The molecule has 0 radical (unpaired) electrons. The molecule has 0 aliphatic carbocycles. The molecule has 0 aliphatic heterocycles. The van der Waals surface area contributed by atoms with Gasteiger partial charge >= 0.3 is 0 Å². The highest BCUT2D eigenvalue weighted by atomic mass is 16.1. The number of aromatic amines is 1. The van der Waals surface area contributed by atoms with Crippen LogP contribution in [0.4, 0.5) is 0 Å². The average Bonchev–Trinajstić information content (AvgIpc) is 2.96. The summed E-state index contributed by atoms with van der Waals surface area (Å²) in [6.07, 6.45) is 1.85. The number of amides is 1. The first kappa shape index (κ1) is 12.5. The van der Waals surface area contributed by atoms with Crippen molar-refractivity contribution in [2.24, 2.45) is 0 Å². The van der Waals surface area contributed by atoms with Crippen LogP contribution in [-0.4, -0.2) is 10.9 Å². The zero-order valence-electron chi connectivity index (χ0n) is 11.3. The molecule has 0 saturated carbocycles. The quantitative estimate of drug-likeness (QED) is 0.745. The minimum atomic E-state index is -0.0495. The lowest BCUT2D eigenvalue weighted by Crippen LogP contribution is -2.26. The minimum absolute atomic E-state index is 0.0158. The molecule has 0 aliphatic rings. The SMILES string of the molecule is CC(NC(=O)c1cccc2[nH]ccc12)c1ccccc1. The molecule has 3 aromatic rings. The zero-order chi connectivity index (χ0) is 13.9. The van der Waals surface area contributed by atoms with Gasteiger partial charge in [0.2, 0.25) is 0 Å². The predicted octanol–water partition coefficient (Wildman–Crippen LogP) is 3.66. The largest absolute Gasteiger partial charge is 0.361 e. The third-order valence-electron chi connectivity index (χ3n) is 3.49. The van der Waals surface area contributed by atoms with Gasteiger partial charge in [-0.3, -0.25) is 4.79 Å². The van der Waals surface area contributed by atoms with Crippen LogP contribution in [0.25, 0.3) is 10.9 Å². The number of aromatic nitrogens is 1. The second kappa shape index (κ2) is 5.21. The van der Waals surface area contributed by atoms with Crippen LogP contribution in [0, 0.1) is 0 Å². The topological polar surface area (TPSA) is 44.9 Å². The number of hydrogen-bond acceptors (Lipinski definition) is 1. The van der Waals surface area contributed by atoms with Crippen LogP contribution in [0.5, 0.6) is 0 Å². The van der Waals surface area contributed by atoms with E-state index in [1.54, 1.807) is 0 Å². The monoisotopic (exact) mass is 264 g/mol. The van der Waals surface area contributed by atoms with Crippen LogP contribution in [0.2, 0.25) is 0 Å². The maximum Gasteiger partial charge on any atom is 0.252 e. The summed E-state index contributed by atoms with van der Waals surface area (Å²) in [6.45, 7) is 1.99. The van der Waals surface area contributed by atoms with E-state index in [2.05, 4.69) is 10.3 Å². The predicted molar refractivity (Wildman–Crippen MR) is 80.6 cm³/mol. The third-order valence-corrected chi connectivity index (χ3v) is 3.49. The van der Waals surface area contributed by atoms with E-state index in [0.717, 1.165) is 16.5 Å². The summed E-state index contributed by atoms with van der Waals surface area (Å²) < 4.78 is 0. The first-order valence-electron chi connectivity index (χ1n) is 6.67. The fourth-order valence-corrected chi connectivity index (χ4v) is 2.38. The Kier molecular flexibility index (Phi) is 3.25. The molecule has 100 valence electrons. The maximum absolute atomic E-state index is 12.4. The second-order valence-electron chi connectivity index (χ2n) is 4.85. The Labute approximate surface area is 117 Å². The van der Waals surface area contributed by atoms with Crippen LogP contribution < -0.4 is 5.32 Å². The number of nitrogens with one attached hydrogen (secondary N) is 2. The van der Waals surface area contributed by atoms with E-state index < -0.39 is 0 Å². The highest BCUT2D eigenvalue weighted by Gasteiger charge is 2.13. The maximum atomic E-state index is 12.4. The highest BCUT2D eigenvalue weighted by Crippen LogP contribution is 2.19. The standard InChI is InChI=1S/C17H16N2O/c1-12(13-6-3-2-4-7-13)19-17(20)15-8-5-9-16-14(15)10-11-18-16/h2-12,18H,1H3,(H,19,20). The van der Waals surface area contributed by atoms with Crippen molar-refractivity contribution in [2.45, 2.75) is 13.0 Å². The third kappa shape index (κ3) is 2.30. The number of carbonyl (C=O) groups is 1. The van der Waals surface area contributed by atoms with Gasteiger partial charge in [-0.15, -0.1) is 0 Å². The van der Waals surface area contributed by atoms with Gasteiger partial charge in [0.1, 0.15) is 0 Å². The molecular formula is C17H16N2O. The number of benzene rings is 2. The van der Waals surface area contributed by atoms with Crippen molar-refractivity contribution in [3.63, 3.8) is 0 Å². The van der Waals surface area contributed by atoms with Gasteiger partial charge in [-0.05, 0) is 30.7 Å². The molecule has 0 spiro atoms. The summed E-state index contributed by atoms with van der Waals surface area (Å²) >= 11 is 0. The van der Waals surface area contributed by atoms with Crippen molar-refractivity contribution in [2.75, 3.05) is 0 Å². The summed E-state index contributed by atoms with van der Waals surface area (Å²) in [5.41, 5.74) is 2.78. The van der Waals surface area contributed by atoms with Gasteiger partial charge in [0.15, 0.2) is 0 Å². The molecule has 0 fully saturated rings. The first-order valence-corrected chi connectivity index (χ1v) is 6.67. The van der Waals surface area contributed by atoms with E-state index in [-0.39, 0.29) is 11.9 Å². The van der Waals surface area contributed by atoms with Crippen molar-refractivity contribution in [3.05, 3.63) is 71.9 Å². The molecule has 1 aromatic heterocycles. The lowest BCUT2D eigenvalue weighted by Gasteiger charge is -2.14. The number of H-pyrrole nitrogens is 1. The highest BCUT2D eigenvalue weighted by molar-refractivity contribution is 6.06. The van der Waals surface area contributed by atoms with Gasteiger partial charge in [-0.1, -0.05) is 36.4 Å². The summed E-state index contributed by atoms with van der Waals surface area (Å²) in [5, 5.41) is 3.99. The Balaban J connectivity index is 1.85. The molecule has 20 heavy (non-hydrogen) atoms. The molecule has 0 bridgehead atoms. The Morgan fingerprint density at radius 1 is 1.05 bits per heavy atom. The van der Waals surface area contributed by atoms with Gasteiger partial charge in [0.05, 0.1) is 6.04 Å². The van der Waals surface area contributed by atoms with Gasteiger partial charge in [0, 0.05) is 22.7 Å². The van der Waals surface area contributed by atoms with Crippen molar-refractivity contribution >= 4 is 16.8 Å². The van der Waals surface area contributed by atoms with Gasteiger partial charge in [-0.25, -0.2) is 0 Å². The molecular weight excluding hydrogens is 248 g/mol. The summed E-state index contributed by atoms with van der Waals surface area (Å²) in [4.78, 5) is 15.5. The molecule has 1 atom stereocenters. The fourth-order valence-electron chi connectivity index (χ4n) is 2.38. The van der Waals surface area contributed by atoms with E-state index in [9.17, 15) is 4.79 Å². The lowest BCUT2D eigenvalue weighted by molar-refractivity contribution is 0.0941. The molecule has 1 heterocycles. The number of rotatable bonds is 3. The van der Waals surface area contributed by atoms with E-state index >= 15 is 0 Å². The zero-order valence-corrected chi connectivity index (χ0v) is 11.3. The Bertz CT molecular complexity index is 731. The van der Waals surface area contributed by atoms with Gasteiger partial charge < -0.3 is 10.3 Å². The van der Waals surface area contributed by atoms with E-state index in [1.165, 1.54) is 0 Å². The Morgan fingerprint density at radius 2 is 1.85 bits per heavy atom. The minimum Gasteiger partial charge on any atom is -0.361 e. The Morgan fingerprint density at radius 3 is 2.65 bits per heavy atom. The van der Waals surface area contributed by atoms with Crippen molar-refractivity contribution in [1.82, 2.24) is 10.3 Å². The van der Waals surface area contributed by atoms with Gasteiger partial charge in [-0.2, -0.15) is 0 Å². The normalized spacial score (nSPS) is 12.2. The smallest absolute Gasteiger partial charge is 0.252 e. The van der Waals surface area contributed by atoms with Crippen LogP contribution >= 0.6 is 0 Å². The summed E-state index contributed by atoms with van der Waals surface area (Å²) in [7, 11) is 0. The number of fused-ring (bicyclic) bond motifs is 1. The molecule has 3 rings (SSSR count). The van der Waals surface area contributed by atoms with Crippen LogP contribution in [-0.2, 0) is 0 Å². The van der Waals surface area contributed by atoms with E-state index in [1.807, 2.05) is 67.7 Å². The second-order valence-corrected chi connectivity index (χ2v) is 4.85. The van der Waals surface area contributed by atoms with Crippen molar-refractivity contribution in [3.8, 4) is 0 Å². The van der Waals surface area contributed by atoms with Crippen molar-refractivity contribution < 1.29 is 4.79 Å². The Hall–Kier alpha value is -2.55. The van der Waals surface area contributed by atoms with E-state index in [0.29, 0.717) is 5.56 Å². The molecule has 2 aromatic carbocycles. The molecule has 0 saturated heterocycles. The fraction of sp³-hybridized carbons (Fsp3) is 0.118. The van der Waals surface area contributed by atoms with Crippen molar-refractivity contribution in [1.29, 1.82) is 0 Å². The average molecular weight is 264 g/mol. The lowest BCUT2D eigenvalue weighted by atomic mass is 10.1. The molecule has 2 N–H and O–H groups in total. The van der Waals surface area contributed by atoms with E-state index in [4.69, 9.17) is 0 Å². The van der Waals surface area contributed by atoms with Crippen LogP contribution in [0.15, 0.2) is 60.8 Å². The summed E-state index contributed by atoms with van der Waals surface area (Å²) in [5.74, 6) is -0.0495. The number of hydrogen-bond donors (Lipinski definition) is 2. The van der Waals surface area contributed by atoms with Gasteiger partial charge in [0.25, 0.3) is 5.91 Å². The number of carbonyl (C=O) groups excluding carboxylic acids is 1. The molecule has 3 nitrogen and oxygen atoms in total. The van der Waals surface area contributed by atoms with Crippen LogP contribution in [0.1, 0.15) is 28.9 Å². The van der Waals surface area contributed by atoms with Crippen LogP contribution in [0.3, 0.4) is 0 Å². The molecule has 1 amide bonds. The molecule has 3 heteroatoms.